The van der Waals surface area contributed by atoms with Crippen molar-refractivity contribution in [2.24, 2.45) is 12.2 Å². The van der Waals surface area contributed by atoms with E-state index in [0.29, 0.717) is 34.1 Å². The van der Waals surface area contributed by atoms with Crippen molar-refractivity contribution < 1.29 is 14.4 Å². The first-order chi connectivity index (χ1) is 17.6. The number of fused-ring (bicyclic) bond motifs is 1. The van der Waals surface area contributed by atoms with Gasteiger partial charge in [-0.25, -0.2) is 14.5 Å². The summed E-state index contributed by atoms with van der Waals surface area (Å²) in [6.07, 6.45) is 0. The zero-order valence-electron chi connectivity index (χ0n) is 19.1. The number of pyridine rings is 1. The first-order valence-corrected chi connectivity index (χ1v) is 11.7. The fraction of sp³-hybridized carbons (Fsp3) is 0.0769. The predicted molar refractivity (Wildman–Crippen MR) is 137 cm³/mol. The monoisotopic (exact) mass is 542 g/mol. The van der Waals surface area contributed by atoms with Gasteiger partial charge in [0.15, 0.2) is 18.1 Å². The number of ether oxygens (including phenoxy) is 1. The number of aromatic nitrogens is 5. The molecule has 0 radical (unpaired) electrons. The minimum absolute atomic E-state index is 0.0898. The molecule has 9 nitrogen and oxygen atoms in total. The Bertz CT molecular complexity index is 1550. The second-order valence-electron chi connectivity index (χ2n) is 7.73. The molecule has 0 saturated heterocycles. The first-order valence-electron chi connectivity index (χ1n) is 10.9. The third-order valence-electron chi connectivity index (χ3n) is 5.27. The number of para-hydroxylation sites is 1. The number of halogens is 1. The molecule has 0 bridgehead atoms. The third-order valence-corrected chi connectivity index (χ3v) is 5.80. The van der Waals surface area contributed by atoms with Crippen LogP contribution in [0, 0.1) is 0 Å². The Morgan fingerprint density at radius 2 is 1.75 bits per heavy atom. The minimum atomic E-state index is -0.465. The van der Waals surface area contributed by atoms with Gasteiger partial charge in [-0.3, -0.25) is 0 Å². The molecular formula is C26H19BrN6O3. The molecule has 10 heteroatoms. The van der Waals surface area contributed by atoms with E-state index >= 15 is 0 Å². The summed E-state index contributed by atoms with van der Waals surface area (Å²) in [4.78, 5) is 23.0. The van der Waals surface area contributed by atoms with Crippen molar-refractivity contribution in [3.63, 3.8) is 0 Å². The van der Waals surface area contributed by atoms with Gasteiger partial charge in [0.2, 0.25) is 5.82 Å². The van der Waals surface area contributed by atoms with E-state index in [9.17, 15) is 4.79 Å². The maximum absolute atomic E-state index is 12.6. The van der Waals surface area contributed by atoms with Gasteiger partial charge in [0.25, 0.3) is 0 Å². The average molecular weight is 543 g/mol. The van der Waals surface area contributed by atoms with Crippen LogP contribution < -0.4 is 4.74 Å². The van der Waals surface area contributed by atoms with E-state index in [2.05, 4.69) is 41.6 Å². The molecule has 0 spiro atoms. The lowest BCUT2D eigenvalue weighted by Crippen LogP contribution is -2.12. The summed E-state index contributed by atoms with van der Waals surface area (Å²) in [5, 5.41) is 16.8. The molecule has 2 heterocycles. The van der Waals surface area contributed by atoms with Crippen molar-refractivity contribution in [3.8, 4) is 5.75 Å². The molecule has 5 aromatic rings. The maximum atomic E-state index is 12.6. The van der Waals surface area contributed by atoms with E-state index in [-0.39, 0.29) is 6.61 Å². The van der Waals surface area contributed by atoms with Gasteiger partial charge < -0.3 is 9.57 Å². The van der Waals surface area contributed by atoms with Gasteiger partial charge in [0.05, 0.1) is 11.3 Å². The Hall–Kier alpha value is -4.44. The fourth-order valence-electron chi connectivity index (χ4n) is 3.48. The fourth-order valence-corrected chi connectivity index (χ4v) is 3.74. The molecule has 0 unspecified atom stereocenters. The molecule has 0 fully saturated rings. The van der Waals surface area contributed by atoms with Gasteiger partial charge >= 0.3 is 5.97 Å². The van der Waals surface area contributed by atoms with E-state index in [1.807, 2.05) is 54.6 Å². The van der Waals surface area contributed by atoms with Gasteiger partial charge in [-0.05, 0) is 46.8 Å². The zero-order chi connectivity index (χ0) is 24.9. The Kier molecular flexibility index (Phi) is 6.76. The summed E-state index contributed by atoms with van der Waals surface area (Å²) < 4.78 is 8.06. The van der Waals surface area contributed by atoms with Crippen LogP contribution >= 0.6 is 15.9 Å². The summed E-state index contributed by atoms with van der Waals surface area (Å²) in [5.41, 5.74) is 2.91. The van der Waals surface area contributed by atoms with Crippen molar-refractivity contribution in [3.05, 3.63) is 112 Å². The lowest BCUT2D eigenvalue weighted by molar-refractivity contribution is 0.0736. The number of carbonyl (C=O) groups excluding carboxylic acids is 1. The highest BCUT2D eigenvalue weighted by Gasteiger charge is 2.15. The van der Waals surface area contributed by atoms with Gasteiger partial charge in [0, 0.05) is 22.5 Å². The molecule has 5 rings (SSSR count). The lowest BCUT2D eigenvalue weighted by atomic mass is 10.1. The van der Waals surface area contributed by atoms with Crippen molar-refractivity contribution in [2.75, 3.05) is 0 Å². The number of nitrogens with zero attached hydrogens (tertiary/aromatic N) is 6. The number of oxime groups is 1. The van der Waals surface area contributed by atoms with Crippen molar-refractivity contribution in [1.82, 2.24) is 25.2 Å². The van der Waals surface area contributed by atoms with E-state index < -0.39 is 5.97 Å². The summed E-state index contributed by atoms with van der Waals surface area (Å²) in [7, 11) is 1.73. The number of esters is 1. The van der Waals surface area contributed by atoms with Crippen LogP contribution in [-0.2, 0) is 18.5 Å². The van der Waals surface area contributed by atoms with Gasteiger partial charge in [-0.2, -0.15) is 0 Å². The first kappa shape index (κ1) is 23.3. The summed E-state index contributed by atoms with van der Waals surface area (Å²) in [6, 6.07) is 25.6. The van der Waals surface area contributed by atoms with E-state index in [1.54, 1.807) is 37.4 Å². The van der Waals surface area contributed by atoms with Crippen molar-refractivity contribution in [1.29, 1.82) is 0 Å². The highest BCUT2D eigenvalue weighted by Crippen LogP contribution is 2.25. The molecule has 0 aliphatic carbocycles. The van der Waals surface area contributed by atoms with Crippen molar-refractivity contribution in [2.45, 2.75) is 6.61 Å². The molecule has 0 aliphatic heterocycles. The smallest absolute Gasteiger partial charge is 0.343 e. The molecule has 36 heavy (non-hydrogen) atoms. The molecule has 0 amide bonds. The van der Waals surface area contributed by atoms with Crippen LogP contribution in [0.15, 0.2) is 94.6 Å². The lowest BCUT2D eigenvalue weighted by Gasteiger charge is -2.09. The number of tetrazole rings is 1. The number of hydrogen-bond acceptors (Lipinski definition) is 8. The van der Waals surface area contributed by atoms with E-state index in [1.165, 1.54) is 4.68 Å². The normalized spacial score (nSPS) is 11.4. The Morgan fingerprint density at radius 3 is 2.50 bits per heavy atom. The molecular weight excluding hydrogens is 524 g/mol. The summed E-state index contributed by atoms with van der Waals surface area (Å²) in [5.74, 6) is 0.364. The second-order valence-corrected chi connectivity index (χ2v) is 8.65. The van der Waals surface area contributed by atoms with Crippen molar-refractivity contribution >= 4 is 38.5 Å². The predicted octanol–water partition coefficient (Wildman–Crippen LogP) is 4.71. The molecule has 0 N–H and O–H groups in total. The average Bonchev–Trinajstić information content (AvgIpc) is 3.33. The van der Waals surface area contributed by atoms with Crippen LogP contribution in [0.3, 0.4) is 0 Å². The molecule has 0 atom stereocenters. The van der Waals surface area contributed by atoms with Crippen LogP contribution in [0.4, 0.5) is 0 Å². The number of rotatable bonds is 7. The second kappa shape index (κ2) is 10.4. The molecule has 2 aromatic heterocycles. The largest absolute Gasteiger partial charge is 0.421 e. The molecule has 178 valence electrons. The highest BCUT2D eigenvalue weighted by molar-refractivity contribution is 9.10. The maximum Gasteiger partial charge on any atom is 0.343 e. The van der Waals surface area contributed by atoms with Crippen LogP contribution in [0.2, 0.25) is 0 Å². The number of benzene rings is 3. The van der Waals surface area contributed by atoms with Gasteiger partial charge in [-0.1, -0.05) is 69.6 Å². The molecule has 0 saturated carbocycles. The summed E-state index contributed by atoms with van der Waals surface area (Å²) >= 11 is 3.37. The Morgan fingerprint density at radius 1 is 0.944 bits per heavy atom. The Labute approximate surface area is 214 Å². The SMILES string of the molecule is Cn1nnnc1/C(=N\OCc1ccc2cccc(OC(=O)c3ccc(Br)cc3)c2n1)c1ccccc1. The van der Waals surface area contributed by atoms with Gasteiger partial charge in [-0.15, -0.1) is 5.10 Å². The standard InChI is InChI=1S/C26H19BrN6O3/c1-33-25(29-31-32-33)24(17-6-3-2-4-7-17)30-35-16-21-15-12-18-8-5-9-22(23(18)28-21)36-26(34)19-10-13-20(27)14-11-19/h2-15H,16H2,1H3/b30-24-. The van der Waals surface area contributed by atoms with Crippen LogP contribution in [-0.4, -0.2) is 36.9 Å². The molecule has 0 aliphatic rings. The number of aryl methyl sites for hydroxylation is 1. The quantitative estimate of drug-likeness (QED) is 0.127. The zero-order valence-corrected chi connectivity index (χ0v) is 20.7. The van der Waals surface area contributed by atoms with Crippen LogP contribution in [0.25, 0.3) is 10.9 Å². The number of carbonyl (C=O) groups is 1. The topological polar surface area (TPSA) is 104 Å². The van der Waals surface area contributed by atoms with Crippen LogP contribution in [0.5, 0.6) is 5.75 Å². The minimum Gasteiger partial charge on any atom is -0.421 e. The van der Waals surface area contributed by atoms with E-state index in [4.69, 9.17) is 9.57 Å². The molecule has 3 aromatic carbocycles. The highest BCUT2D eigenvalue weighted by atomic mass is 79.9. The van der Waals surface area contributed by atoms with Crippen LogP contribution in [0.1, 0.15) is 27.4 Å². The summed E-state index contributed by atoms with van der Waals surface area (Å²) in [6.45, 7) is 0.0898. The number of hydrogen-bond donors (Lipinski definition) is 0. The third kappa shape index (κ3) is 5.13. The van der Waals surface area contributed by atoms with E-state index in [0.717, 1.165) is 15.4 Å². The Balaban J connectivity index is 1.39. The van der Waals surface area contributed by atoms with Gasteiger partial charge in [0.1, 0.15) is 5.52 Å².